The number of hydrogen-bond acceptors (Lipinski definition) is 5. The Morgan fingerprint density at radius 1 is 1.34 bits per heavy atom. The summed E-state index contributed by atoms with van der Waals surface area (Å²) in [4.78, 5) is 19.6. The molecule has 0 fully saturated rings. The molecule has 1 N–H and O–H groups in total. The van der Waals surface area contributed by atoms with E-state index in [1.54, 1.807) is 18.4 Å². The molecule has 3 rings (SSSR count). The van der Waals surface area contributed by atoms with Crippen molar-refractivity contribution >= 4 is 23.0 Å². The van der Waals surface area contributed by atoms with Crippen LogP contribution in [0.5, 0.6) is 0 Å². The third-order valence-corrected chi connectivity index (χ3v) is 6.13. The van der Waals surface area contributed by atoms with Crippen LogP contribution in [-0.4, -0.2) is 37.6 Å². The lowest BCUT2D eigenvalue weighted by atomic mass is 10.2. The lowest BCUT2D eigenvalue weighted by molar-refractivity contribution is -0.137. The van der Waals surface area contributed by atoms with E-state index in [4.69, 9.17) is 0 Å². The normalized spacial score (nSPS) is 12.9. The summed E-state index contributed by atoms with van der Waals surface area (Å²) >= 11 is 1.57. The number of aryl methyl sites for hydroxylation is 2. The number of urea groups is 1. The highest BCUT2D eigenvalue weighted by Gasteiger charge is 2.31. The van der Waals surface area contributed by atoms with Gasteiger partial charge in [0.1, 0.15) is 0 Å². The molecule has 3 aromatic rings. The average Bonchev–Trinajstić information content (AvgIpc) is 3.26. The van der Waals surface area contributed by atoms with Crippen molar-refractivity contribution in [3.63, 3.8) is 0 Å². The summed E-state index contributed by atoms with van der Waals surface area (Å²) in [5, 5.41) is 11.4. The fourth-order valence-electron chi connectivity index (χ4n) is 2.86. The van der Waals surface area contributed by atoms with Crippen molar-refractivity contribution in [1.29, 1.82) is 0 Å². The van der Waals surface area contributed by atoms with Gasteiger partial charge < -0.3 is 10.2 Å². The quantitative estimate of drug-likeness (QED) is 0.670. The van der Waals surface area contributed by atoms with Crippen molar-refractivity contribution in [2.45, 2.75) is 46.0 Å². The smallest absolute Gasteiger partial charge is 0.331 e. The van der Waals surface area contributed by atoms with E-state index in [0.29, 0.717) is 0 Å². The number of aromatic nitrogens is 4. The molecule has 3 aromatic heterocycles. The van der Waals surface area contributed by atoms with Crippen LogP contribution in [0.1, 0.15) is 46.9 Å². The van der Waals surface area contributed by atoms with Gasteiger partial charge in [-0.25, -0.2) is 9.78 Å². The number of thiazole rings is 1. The minimum absolute atomic E-state index is 0.0553. The summed E-state index contributed by atoms with van der Waals surface area (Å²) in [5.41, 5.74) is 0.356. The molecule has 2 amide bonds. The van der Waals surface area contributed by atoms with Gasteiger partial charge in [-0.15, -0.1) is 21.5 Å². The van der Waals surface area contributed by atoms with E-state index < -0.39 is 11.7 Å². The number of carbonyl (C=O) groups is 1. The molecule has 0 saturated heterocycles. The van der Waals surface area contributed by atoms with Crippen molar-refractivity contribution in [3.8, 4) is 0 Å². The Labute approximate surface area is 169 Å². The van der Waals surface area contributed by atoms with Gasteiger partial charge in [0.2, 0.25) is 0 Å². The van der Waals surface area contributed by atoms with Gasteiger partial charge in [-0.2, -0.15) is 13.2 Å². The van der Waals surface area contributed by atoms with Crippen molar-refractivity contribution in [2.75, 3.05) is 7.05 Å². The summed E-state index contributed by atoms with van der Waals surface area (Å²) in [7, 11) is 1.66. The Kier molecular flexibility index (Phi) is 5.78. The molecule has 29 heavy (non-hydrogen) atoms. The number of amides is 2. The number of rotatable bonds is 5. The van der Waals surface area contributed by atoms with Crippen LogP contribution in [0.3, 0.4) is 0 Å². The molecule has 0 aliphatic carbocycles. The molecule has 0 aliphatic heterocycles. The zero-order valence-electron chi connectivity index (χ0n) is 16.4. The Morgan fingerprint density at radius 3 is 2.69 bits per heavy atom. The van der Waals surface area contributed by atoms with Gasteiger partial charge in [0.15, 0.2) is 11.5 Å². The Hall–Kier alpha value is -2.69. The topological polar surface area (TPSA) is 75.4 Å². The fraction of sp³-hybridized carbons (Fsp3) is 0.444. The summed E-state index contributed by atoms with van der Waals surface area (Å²) in [6, 6.07) is 1.63. The second kappa shape index (κ2) is 7.97. The number of halogens is 3. The van der Waals surface area contributed by atoms with Crippen LogP contribution in [0, 0.1) is 6.92 Å². The van der Waals surface area contributed by atoms with Gasteiger partial charge >= 0.3 is 12.2 Å². The SMILES string of the molecule is CCc1nc(C)c([C@@H](C)N(C)C(=O)NCc2nnc3ccc(C(F)(F)F)cn23)s1. The molecular weight excluding hydrogens is 405 g/mol. The van der Waals surface area contributed by atoms with Crippen LogP contribution in [0.2, 0.25) is 0 Å². The largest absolute Gasteiger partial charge is 0.417 e. The first-order valence-electron chi connectivity index (χ1n) is 8.99. The highest BCUT2D eigenvalue weighted by molar-refractivity contribution is 7.11. The number of nitrogens with one attached hydrogen (secondary N) is 1. The lowest BCUT2D eigenvalue weighted by Gasteiger charge is -2.24. The summed E-state index contributed by atoms with van der Waals surface area (Å²) in [6.07, 6.45) is -2.72. The second-order valence-electron chi connectivity index (χ2n) is 6.62. The molecule has 7 nitrogen and oxygen atoms in total. The number of carbonyl (C=O) groups excluding carboxylic acids is 1. The van der Waals surface area contributed by atoms with Gasteiger partial charge in [-0.3, -0.25) is 4.40 Å². The molecular formula is C18H21F3N6OS. The van der Waals surface area contributed by atoms with E-state index in [0.717, 1.165) is 34.3 Å². The first kappa shape index (κ1) is 21.0. The zero-order chi connectivity index (χ0) is 21.3. The Balaban J connectivity index is 1.72. The molecule has 0 saturated carbocycles. The molecule has 0 radical (unpaired) electrons. The molecule has 11 heteroatoms. The maximum atomic E-state index is 12.9. The van der Waals surface area contributed by atoms with Crippen LogP contribution < -0.4 is 5.32 Å². The van der Waals surface area contributed by atoms with E-state index >= 15 is 0 Å². The number of nitrogens with zero attached hydrogens (tertiary/aromatic N) is 5. The molecule has 0 aliphatic rings. The molecule has 3 heterocycles. The highest BCUT2D eigenvalue weighted by Crippen LogP contribution is 2.30. The molecule has 1 atom stereocenters. The Bertz CT molecular complexity index is 1030. The summed E-state index contributed by atoms with van der Waals surface area (Å²) in [5.74, 6) is 0.211. The number of alkyl halides is 3. The maximum Gasteiger partial charge on any atom is 0.417 e. The number of pyridine rings is 1. The fourth-order valence-corrected chi connectivity index (χ4v) is 3.96. The van der Waals surface area contributed by atoms with Crippen LogP contribution in [0.4, 0.5) is 18.0 Å². The number of hydrogen-bond donors (Lipinski definition) is 1. The monoisotopic (exact) mass is 426 g/mol. The second-order valence-corrected chi connectivity index (χ2v) is 7.73. The first-order valence-corrected chi connectivity index (χ1v) is 9.81. The van der Waals surface area contributed by atoms with Crippen molar-refractivity contribution in [1.82, 2.24) is 29.8 Å². The standard InChI is InChI=1S/C18H21F3N6OS/c1-5-15-23-10(2)16(29-15)11(3)26(4)17(28)22-8-14-25-24-13-7-6-12(9-27(13)14)18(19,20)21/h6-7,9,11H,5,8H2,1-4H3,(H,22,28)/t11-/m1/s1. The molecule has 0 spiro atoms. The number of fused-ring (bicyclic) bond motifs is 1. The minimum atomic E-state index is -4.47. The van der Waals surface area contributed by atoms with Gasteiger partial charge in [0.25, 0.3) is 0 Å². The van der Waals surface area contributed by atoms with E-state index in [1.165, 1.54) is 15.4 Å². The van der Waals surface area contributed by atoms with Crippen LogP contribution in [0.25, 0.3) is 5.65 Å². The van der Waals surface area contributed by atoms with E-state index in [9.17, 15) is 18.0 Å². The maximum absolute atomic E-state index is 12.9. The summed E-state index contributed by atoms with van der Waals surface area (Å²) in [6.45, 7) is 5.78. The molecule has 156 valence electrons. The predicted octanol–water partition coefficient (Wildman–Crippen LogP) is 3.98. The predicted molar refractivity (Wildman–Crippen MR) is 103 cm³/mol. The van der Waals surface area contributed by atoms with Crippen LogP contribution in [-0.2, 0) is 19.1 Å². The highest BCUT2D eigenvalue weighted by atomic mass is 32.1. The van der Waals surface area contributed by atoms with Gasteiger partial charge in [0, 0.05) is 18.1 Å². The summed E-state index contributed by atoms with van der Waals surface area (Å²) < 4.78 is 40.1. The minimum Gasteiger partial charge on any atom is -0.331 e. The molecule has 0 unspecified atom stereocenters. The third-order valence-electron chi connectivity index (χ3n) is 4.66. The van der Waals surface area contributed by atoms with Crippen LogP contribution >= 0.6 is 11.3 Å². The lowest BCUT2D eigenvalue weighted by Crippen LogP contribution is -2.38. The molecule has 0 aromatic carbocycles. The van der Waals surface area contributed by atoms with Crippen molar-refractivity contribution in [3.05, 3.63) is 45.3 Å². The van der Waals surface area contributed by atoms with E-state index in [1.807, 2.05) is 20.8 Å². The van der Waals surface area contributed by atoms with Crippen LogP contribution in [0.15, 0.2) is 18.3 Å². The van der Waals surface area contributed by atoms with E-state index in [-0.39, 0.29) is 30.1 Å². The van der Waals surface area contributed by atoms with Gasteiger partial charge in [0.05, 0.1) is 28.9 Å². The first-order chi connectivity index (χ1) is 13.6. The Morgan fingerprint density at radius 2 is 2.07 bits per heavy atom. The zero-order valence-corrected chi connectivity index (χ0v) is 17.2. The van der Waals surface area contributed by atoms with Gasteiger partial charge in [-0.1, -0.05) is 6.92 Å². The van der Waals surface area contributed by atoms with Crippen molar-refractivity contribution < 1.29 is 18.0 Å². The van der Waals surface area contributed by atoms with Crippen molar-refractivity contribution in [2.24, 2.45) is 0 Å². The van der Waals surface area contributed by atoms with E-state index in [2.05, 4.69) is 20.5 Å². The molecule has 0 bridgehead atoms. The van der Waals surface area contributed by atoms with Gasteiger partial charge in [-0.05, 0) is 32.4 Å². The third kappa shape index (κ3) is 4.34. The average molecular weight is 426 g/mol.